The smallest absolute Gasteiger partial charge is 0.411 e. The van der Waals surface area contributed by atoms with Gasteiger partial charge in [-0.15, -0.1) is 0 Å². The number of hydrogen-bond donors (Lipinski definition) is 0. The van der Waals surface area contributed by atoms with Gasteiger partial charge >= 0.3 is 12.1 Å². The molecule has 0 radical (unpaired) electrons. The van der Waals surface area contributed by atoms with Gasteiger partial charge in [-0.1, -0.05) is 6.42 Å². The molecule has 1 amide bonds. The molecule has 4 atom stereocenters. The van der Waals surface area contributed by atoms with Crippen LogP contribution in [-0.2, 0) is 14.3 Å². The summed E-state index contributed by atoms with van der Waals surface area (Å²) in [6.07, 6.45) is 0.256. The van der Waals surface area contributed by atoms with Crippen LogP contribution in [-0.4, -0.2) is 47.9 Å². The van der Waals surface area contributed by atoms with Crippen molar-refractivity contribution in [3.05, 3.63) is 0 Å². The lowest BCUT2D eigenvalue weighted by molar-refractivity contribution is -0.148. The van der Waals surface area contributed by atoms with Crippen LogP contribution in [0.3, 0.4) is 0 Å². The van der Waals surface area contributed by atoms with Gasteiger partial charge in [0, 0.05) is 12.0 Å². The van der Waals surface area contributed by atoms with Gasteiger partial charge in [0.1, 0.15) is 11.8 Å². The van der Waals surface area contributed by atoms with E-state index in [0.717, 1.165) is 6.42 Å². The zero-order chi connectivity index (χ0) is 15.1. The highest BCUT2D eigenvalue weighted by Gasteiger charge is 2.57. The number of esters is 1. The molecule has 0 aromatic carbocycles. The van der Waals surface area contributed by atoms with Gasteiger partial charge in [-0.3, -0.25) is 4.90 Å². The quantitative estimate of drug-likeness (QED) is 0.694. The molecule has 2 rings (SSSR count). The van der Waals surface area contributed by atoms with Gasteiger partial charge in [-0.25, -0.2) is 14.0 Å². The Morgan fingerprint density at radius 2 is 1.90 bits per heavy atom. The van der Waals surface area contributed by atoms with Crippen LogP contribution in [0.5, 0.6) is 0 Å². The highest BCUT2D eigenvalue weighted by Crippen LogP contribution is 2.43. The van der Waals surface area contributed by atoms with Gasteiger partial charge in [0.05, 0.1) is 7.11 Å². The Hall–Kier alpha value is -1.33. The molecular weight excluding hydrogens is 265 g/mol. The summed E-state index contributed by atoms with van der Waals surface area (Å²) in [5, 5.41) is 0. The van der Waals surface area contributed by atoms with E-state index in [1.54, 1.807) is 20.8 Å². The highest BCUT2D eigenvalue weighted by molar-refractivity contribution is 5.83. The van der Waals surface area contributed by atoms with E-state index in [1.807, 2.05) is 0 Å². The second kappa shape index (κ2) is 5.22. The molecule has 0 aromatic heterocycles. The standard InChI is InChI=1S/C14H22FNO4/c1-14(2,3)20-13(18)16-9-7-5-6-8(9)10(15)11(16)12(17)19-4/h8-11H,5-7H2,1-4H3/t8-,9+,10-,11+/m0/s1. The third-order valence-electron chi connectivity index (χ3n) is 3.95. The zero-order valence-electron chi connectivity index (χ0n) is 12.4. The van der Waals surface area contributed by atoms with Crippen LogP contribution in [0.1, 0.15) is 40.0 Å². The molecule has 5 nitrogen and oxygen atoms in total. The average Bonchev–Trinajstić information content (AvgIpc) is 2.88. The summed E-state index contributed by atoms with van der Waals surface area (Å²) in [6.45, 7) is 5.23. The Labute approximate surface area is 118 Å². The molecule has 0 N–H and O–H groups in total. The number of ether oxygens (including phenoxy) is 2. The number of halogens is 1. The van der Waals surface area contributed by atoms with E-state index in [9.17, 15) is 14.0 Å². The Morgan fingerprint density at radius 1 is 1.25 bits per heavy atom. The molecule has 20 heavy (non-hydrogen) atoms. The monoisotopic (exact) mass is 287 g/mol. The summed E-state index contributed by atoms with van der Waals surface area (Å²) >= 11 is 0. The van der Waals surface area contributed by atoms with Gasteiger partial charge in [-0.2, -0.15) is 0 Å². The molecule has 0 spiro atoms. The molecular formula is C14H22FNO4. The Bertz CT molecular complexity index is 406. The SMILES string of the molecule is COC(=O)[C@H]1[C@@H](F)[C@H]2CCC[C@H]2N1C(=O)OC(C)(C)C. The van der Waals surface area contributed by atoms with Crippen molar-refractivity contribution < 1.29 is 23.5 Å². The van der Waals surface area contributed by atoms with E-state index in [0.29, 0.717) is 12.8 Å². The summed E-state index contributed by atoms with van der Waals surface area (Å²) in [6, 6.07) is -1.44. The van der Waals surface area contributed by atoms with E-state index in [2.05, 4.69) is 4.74 Å². The van der Waals surface area contributed by atoms with Gasteiger partial charge in [0.15, 0.2) is 6.04 Å². The first-order chi connectivity index (χ1) is 9.26. The van der Waals surface area contributed by atoms with Crippen molar-refractivity contribution in [1.82, 2.24) is 4.90 Å². The maximum atomic E-state index is 14.5. The topological polar surface area (TPSA) is 55.8 Å². The lowest BCUT2D eigenvalue weighted by Gasteiger charge is -2.30. The first-order valence-corrected chi connectivity index (χ1v) is 6.99. The number of rotatable bonds is 1. The fourth-order valence-corrected chi connectivity index (χ4v) is 3.21. The van der Waals surface area contributed by atoms with Crippen LogP contribution >= 0.6 is 0 Å². The molecule has 1 saturated carbocycles. The summed E-state index contributed by atoms with van der Waals surface area (Å²) in [7, 11) is 1.20. The van der Waals surface area contributed by atoms with E-state index in [-0.39, 0.29) is 12.0 Å². The van der Waals surface area contributed by atoms with Crippen molar-refractivity contribution in [2.45, 2.75) is 63.9 Å². The predicted octanol–water partition coefficient (Wildman–Crippen LogP) is 2.29. The zero-order valence-corrected chi connectivity index (χ0v) is 12.4. The first kappa shape index (κ1) is 15.1. The molecule has 1 heterocycles. The van der Waals surface area contributed by atoms with Crippen molar-refractivity contribution in [3.63, 3.8) is 0 Å². The van der Waals surface area contributed by atoms with Crippen LogP contribution < -0.4 is 0 Å². The van der Waals surface area contributed by atoms with Gasteiger partial charge in [0.25, 0.3) is 0 Å². The maximum absolute atomic E-state index is 14.5. The number of carbonyl (C=O) groups excluding carboxylic acids is 2. The summed E-state index contributed by atoms with van der Waals surface area (Å²) in [5.74, 6) is -0.996. The third-order valence-corrected chi connectivity index (χ3v) is 3.95. The van der Waals surface area contributed by atoms with E-state index in [4.69, 9.17) is 4.74 Å². The largest absolute Gasteiger partial charge is 0.467 e. The van der Waals surface area contributed by atoms with Crippen molar-refractivity contribution in [2.24, 2.45) is 5.92 Å². The van der Waals surface area contributed by atoms with Crippen LogP contribution in [0.15, 0.2) is 0 Å². The van der Waals surface area contributed by atoms with E-state index >= 15 is 0 Å². The highest BCUT2D eigenvalue weighted by atomic mass is 19.1. The number of carbonyl (C=O) groups is 2. The third kappa shape index (κ3) is 2.60. The van der Waals surface area contributed by atoms with Crippen LogP contribution in [0.25, 0.3) is 0 Å². The fourth-order valence-electron chi connectivity index (χ4n) is 3.21. The molecule has 6 heteroatoms. The molecule has 1 saturated heterocycles. The number of likely N-dealkylation sites (tertiary alicyclic amines) is 1. The van der Waals surface area contributed by atoms with Crippen LogP contribution in [0, 0.1) is 5.92 Å². The molecule has 2 fully saturated rings. The Morgan fingerprint density at radius 3 is 2.45 bits per heavy atom. The Kier molecular flexibility index (Phi) is 3.93. The number of alkyl halides is 1. The average molecular weight is 287 g/mol. The maximum Gasteiger partial charge on any atom is 0.411 e. The first-order valence-electron chi connectivity index (χ1n) is 6.99. The summed E-state index contributed by atoms with van der Waals surface area (Å²) in [4.78, 5) is 25.4. The lowest BCUT2D eigenvalue weighted by atomic mass is 10.00. The number of methoxy groups -OCH3 is 1. The number of hydrogen-bond acceptors (Lipinski definition) is 4. The molecule has 1 aliphatic carbocycles. The predicted molar refractivity (Wildman–Crippen MR) is 69.9 cm³/mol. The van der Waals surface area contributed by atoms with Crippen molar-refractivity contribution in [1.29, 1.82) is 0 Å². The fraction of sp³-hybridized carbons (Fsp3) is 0.857. The minimum Gasteiger partial charge on any atom is -0.467 e. The molecule has 0 unspecified atom stereocenters. The van der Waals surface area contributed by atoms with Crippen molar-refractivity contribution in [3.8, 4) is 0 Å². The second-order valence-electron chi connectivity index (χ2n) is 6.46. The lowest BCUT2D eigenvalue weighted by Crippen LogP contribution is -2.49. The van der Waals surface area contributed by atoms with E-state index in [1.165, 1.54) is 12.0 Å². The van der Waals surface area contributed by atoms with Gasteiger partial charge < -0.3 is 9.47 Å². The minimum atomic E-state index is -1.37. The van der Waals surface area contributed by atoms with Gasteiger partial charge in [0.2, 0.25) is 0 Å². The number of fused-ring (bicyclic) bond motifs is 1. The van der Waals surface area contributed by atoms with Crippen LogP contribution in [0.4, 0.5) is 9.18 Å². The summed E-state index contributed by atoms with van der Waals surface area (Å²) in [5.41, 5.74) is -0.680. The molecule has 0 aromatic rings. The minimum absolute atomic E-state index is 0.260. The van der Waals surface area contributed by atoms with E-state index < -0.39 is 29.9 Å². The van der Waals surface area contributed by atoms with Crippen molar-refractivity contribution >= 4 is 12.1 Å². The second-order valence-corrected chi connectivity index (χ2v) is 6.46. The van der Waals surface area contributed by atoms with Gasteiger partial charge in [-0.05, 0) is 33.6 Å². The molecule has 0 bridgehead atoms. The Balaban J connectivity index is 2.25. The van der Waals surface area contributed by atoms with Crippen molar-refractivity contribution in [2.75, 3.05) is 7.11 Å². The van der Waals surface area contributed by atoms with Crippen LogP contribution in [0.2, 0.25) is 0 Å². The molecule has 1 aliphatic heterocycles. The number of amides is 1. The molecule has 2 aliphatic rings. The summed E-state index contributed by atoms with van der Waals surface area (Å²) < 4.78 is 24.4. The number of nitrogens with zero attached hydrogens (tertiary/aromatic N) is 1. The molecule has 114 valence electrons. The normalized spacial score (nSPS) is 33.0.